The number of hydrogen-bond acceptors (Lipinski definition) is 2. The number of rotatable bonds is 8. The highest BCUT2D eigenvalue weighted by atomic mass is 16.5. The summed E-state index contributed by atoms with van der Waals surface area (Å²) >= 11 is 0. The van der Waals surface area contributed by atoms with Gasteiger partial charge in [0.15, 0.2) is 0 Å². The van der Waals surface area contributed by atoms with Gasteiger partial charge in [-0.15, -0.1) is 0 Å². The van der Waals surface area contributed by atoms with E-state index in [1.165, 1.54) is 18.4 Å². The van der Waals surface area contributed by atoms with Crippen LogP contribution in [-0.4, -0.2) is 18.8 Å². The number of para-hydroxylation sites is 1. The van der Waals surface area contributed by atoms with Crippen LogP contribution in [0.1, 0.15) is 45.1 Å². The Morgan fingerprint density at radius 2 is 1.94 bits per heavy atom. The van der Waals surface area contributed by atoms with Crippen LogP contribution in [0, 0.1) is 5.41 Å². The Kier molecular flexibility index (Phi) is 6.20. The third-order valence-electron chi connectivity index (χ3n) is 3.90. The monoisotopic (exact) mass is 250 g/mol. The van der Waals surface area contributed by atoms with Crippen molar-refractivity contribution < 1.29 is 9.84 Å². The zero-order valence-corrected chi connectivity index (χ0v) is 11.9. The van der Waals surface area contributed by atoms with Crippen LogP contribution in [0.15, 0.2) is 24.3 Å². The lowest BCUT2D eigenvalue weighted by atomic mass is 9.76. The Morgan fingerprint density at radius 3 is 2.50 bits per heavy atom. The van der Waals surface area contributed by atoms with Gasteiger partial charge >= 0.3 is 0 Å². The van der Waals surface area contributed by atoms with Crippen molar-refractivity contribution in [1.29, 1.82) is 0 Å². The molecule has 1 unspecified atom stereocenters. The van der Waals surface area contributed by atoms with Crippen LogP contribution in [0.3, 0.4) is 0 Å². The van der Waals surface area contributed by atoms with E-state index < -0.39 is 0 Å². The average Bonchev–Trinajstić information content (AvgIpc) is 2.44. The van der Waals surface area contributed by atoms with Gasteiger partial charge < -0.3 is 9.84 Å². The SMILES string of the molecule is CCCCC(CC)(CO)Cc1ccccc1OC. The molecule has 0 aromatic heterocycles. The molecule has 0 saturated carbocycles. The van der Waals surface area contributed by atoms with Gasteiger partial charge in [-0.1, -0.05) is 44.9 Å². The standard InChI is InChI=1S/C16H26O2/c1-4-6-11-16(5-2,13-17)12-14-9-7-8-10-15(14)18-3/h7-10,17H,4-6,11-13H2,1-3H3. The molecule has 0 fully saturated rings. The number of unbranched alkanes of at least 4 members (excludes halogenated alkanes) is 1. The number of aliphatic hydroxyl groups excluding tert-OH is 1. The molecule has 18 heavy (non-hydrogen) atoms. The smallest absolute Gasteiger partial charge is 0.122 e. The first kappa shape index (κ1) is 15.0. The van der Waals surface area contributed by atoms with Gasteiger partial charge in [0.25, 0.3) is 0 Å². The molecule has 0 aliphatic heterocycles. The number of aliphatic hydroxyl groups is 1. The van der Waals surface area contributed by atoms with Crippen molar-refractivity contribution in [3.63, 3.8) is 0 Å². The topological polar surface area (TPSA) is 29.5 Å². The Labute approximate surface area is 111 Å². The second kappa shape index (κ2) is 7.42. The van der Waals surface area contributed by atoms with Crippen LogP contribution in [-0.2, 0) is 6.42 Å². The number of methoxy groups -OCH3 is 1. The molecule has 2 nitrogen and oxygen atoms in total. The molecule has 0 radical (unpaired) electrons. The lowest BCUT2D eigenvalue weighted by molar-refractivity contribution is 0.106. The summed E-state index contributed by atoms with van der Waals surface area (Å²) < 4.78 is 5.40. The molecule has 1 atom stereocenters. The molecule has 0 heterocycles. The van der Waals surface area contributed by atoms with Crippen molar-refractivity contribution in [2.24, 2.45) is 5.41 Å². The lowest BCUT2D eigenvalue weighted by Gasteiger charge is -2.31. The largest absolute Gasteiger partial charge is 0.496 e. The normalized spacial score (nSPS) is 14.2. The van der Waals surface area contributed by atoms with Crippen molar-refractivity contribution in [2.75, 3.05) is 13.7 Å². The van der Waals surface area contributed by atoms with Gasteiger partial charge in [0.1, 0.15) is 5.75 Å². The van der Waals surface area contributed by atoms with Gasteiger partial charge in [0, 0.05) is 6.61 Å². The van der Waals surface area contributed by atoms with Crippen LogP contribution in [0.4, 0.5) is 0 Å². The second-order valence-electron chi connectivity index (χ2n) is 5.10. The zero-order valence-electron chi connectivity index (χ0n) is 11.9. The van der Waals surface area contributed by atoms with Crippen molar-refractivity contribution in [2.45, 2.75) is 46.0 Å². The molecule has 2 heteroatoms. The van der Waals surface area contributed by atoms with Crippen molar-refractivity contribution in [1.82, 2.24) is 0 Å². The summed E-state index contributed by atoms with van der Waals surface area (Å²) in [5.41, 5.74) is 1.21. The maximum absolute atomic E-state index is 9.79. The third-order valence-corrected chi connectivity index (χ3v) is 3.90. The summed E-state index contributed by atoms with van der Waals surface area (Å²) in [6.45, 7) is 4.61. The van der Waals surface area contributed by atoms with E-state index in [2.05, 4.69) is 19.9 Å². The molecule has 1 aromatic rings. The first-order valence-electron chi connectivity index (χ1n) is 6.94. The van der Waals surface area contributed by atoms with Crippen molar-refractivity contribution >= 4 is 0 Å². The van der Waals surface area contributed by atoms with Crippen LogP contribution < -0.4 is 4.74 Å². The molecule has 1 aromatic carbocycles. The minimum Gasteiger partial charge on any atom is -0.496 e. The van der Waals surface area contributed by atoms with Gasteiger partial charge in [0.2, 0.25) is 0 Å². The molecule has 0 aliphatic rings. The highest BCUT2D eigenvalue weighted by Crippen LogP contribution is 2.35. The van der Waals surface area contributed by atoms with Gasteiger partial charge in [-0.3, -0.25) is 0 Å². The molecule has 0 bridgehead atoms. The molecular weight excluding hydrogens is 224 g/mol. The third kappa shape index (κ3) is 3.74. The average molecular weight is 250 g/mol. The zero-order chi connectivity index (χ0) is 13.4. The fourth-order valence-corrected chi connectivity index (χ4v) is 2.44. The minimum absolute atomic E-state index is 0.00461. The van der Waals surface area contributed by atoms with Crippen LogP contribution in [0.2, 0.25) is 0 Å². The molecule has 1 N–H and O–H groups in total. The maximum Gasteiger partial charge on any atom is 0.122 e. The number of ether oxygens (including phenoxy) is 1. The molecule has 102 valence electrons. The van der Waals surface area contributed by atoms with Gasteiger partial charge in [-0.05, 0) is 36.3 Å². The van der Waals surface area contributed by atoms with E-state index in [1.54, 1.807) is 7.11 Å². The summed E-state index contributed by atoms with van der Waals surface area (Å²) in [6, 6.07) is 8.12. The van der Waals surface area contributed by atoms with Crippen LogP contribution >= 0.6 is 0 Å². The molecule has 0 spiro atoms. The van der Waals surface area contributed by atoms with Crippen molar-refractivity contribution in [3.05, 3.63) is 29.8 Å². The highest BCUT2D eigenvalue weighted by Gasteiger charge is 2.28. The van der Waals surface area contributed by atoms with E-state index in [-0.39, 0.29) is 12.0 Å². The first-order valence-corrected chi connectivity index (χ1v) is 6.94. The fourth-order valence-electron chi connectivity index (χ4n) is 2.44. The molecule has 1 rings (SSSR count). The Hall–Kier alpha value is -1.02. The molecule has 0 saturated heterocycles. The summed E-state index contributed by atoms with van der Waals surface area (Å²) in [6.07, 6.45) is 5.32. The van der Waals surface area contributed by atoms with E-state index in [1.807, 2.05) is 18.2 Å². The van der Waals surface area contributed by atoms with Crippen LogP contribution in [0.5, 0.6) is 5.75 Å². The van der Waals surface area contributed by atoms with Crippen LogP contribution in [0.25, 0.3) is 0 Å². The Balaban J connectivity index is 2.88. The van der Waals surface area contributed by atoms with Gasteiger partial charge in [-0.25, -0.2) is 0 Å². The summed E-state index contributed by atoms with van der Waals surface area (Å²) in [7, 11) is 1.71. The summed E-state index contributed by atoms with van der Waals surface area (Å²) in [5, 5.41) is 9.79. The maximum atomic E-state index is 9.79. The summed E-state index contributed by atoms with van der Waals surface area (Å²) in [5.74, 6) is 0.931. The predicted molar refractivity (Wildman–Crippen MR) is 76.0 cm³/mol. The first-order chi connectivity index (χ1) is 8.71. The second-order valence-corrected chi connectivity index (χ2v) is 5.10. The van der Waals surface area contributed by atoms with E-state index in [4.69, 9.17) is 4.74 Å². The summed E-state index contributed by atoms with van der Waals surface area (Å²) in [4.78, 5) is 0. The Bertz CT molecular complexity index is 343. The lowest BCUT2D eigenvalue weighted by Crippen LogP contribution is -2.27. The highest BCUT2D eigenvalue weighted by molar-refractivity contribution is 5.34. The molecular formula is C16H26O2. The quantitative estimate of drug-likeness (QED) is 0.760. The van der Waals surface area contributed by atoms with E-state index in [0.717, 1.165) is 25.0 Å². The van der Waals surface area contributed by atoms with E-state index >= 15 is 0 Å². The minimum atomic E-state index is 0.00461. The Morgan fingerprint density at radius 1 is 1.22 bits per heavy atom. The predicted octanol–water partition coefficient (Wildman–Crippen LogP) is 3.82. The van der Waals surface area contributed by atoms with E-state index in [9.17, 15) is 5.11 Å². The fraction of sp³-hybridized carbons (Fsp3) is 0.625. The van der Waals surface area contributed by atoms with Gasteiger partial charge in [-0.2, -0.15) is 0 Å². The molecule has 0 amide bonds. The van der Waals surface area contributed by atoms with E-state index in [0.29, 0.717) is 0 Å². The van der Waals surface area contributed by atoms with Crippen molar-refractivity contribution in [3.8, 4) is 5.75 Å². The number of hydrogen-bond donors (Lipinski definition) is 1. The molecule has 0 aliphatic carbocycles. The van der Waals surface area contributed by atoms with Gasteiger partial charge in [0.05, 0.1) is 7.11 Å². The number of benzene rings is 1.